The van der Waals surface area contributed by atoms with Crippen LogP contribution in [0.25, 0.3) is 0 Å². The first-order chi connectivity index (χ1) is 12.6. The van der Waals surface area contributed by atoms with Crippen LogP contribution in [0.4, 0.5) is 21.1 Å². The van der Waals surface area contributed by atoms with Gasteiger partial charge in [0, 0.05) is 32.4 Å². The van der Waals surface area contributed by atoms with Gasteiger partial charge in [-0.1, -0.05) is 30.3 Å². The van der Waals surface area contributed by atoms with Crippen LogP contribution < -0.4 is 10.2 Å². The monoisotopic (exact) mass is 356 g/mol. The Hall–Kier alpha value is -3.29. The van der Waals surface area contributed by atoms with E-state index in [4.69, 9.17) is 9.84 Å². The van der Waals surface area contributed by atoms with Crippen LogP contribution in [0.15, 0.2) is 48.7 Å². The van der Waals surface area contributed by atoms with Crippen LogP contribution in [0.5, 0.6) is 0 Å². The average Bonchev–Trinajstić information content (AvgIpc) is 2.68. The van der Waals surface area contributed by atoms with Gasteiger partial charge in [0.2, 0.25) is 0 Å². The molecule has 1 fully saturated rings. The molecule has 0 atom stereocenters. The SMILES string of the molecule is O=C(Nc1cccnc1N1CCN(C(=O)O)CC1)OCc1ccccc1. The Kier molecular flexibility index (Phi) is 5.52. The predicted molar refractivity (Wildman–Crippen MR) is 96.3 cm³/mol. The zero-order chi connectivity index (χ0) is 18.4. The molecule has 1 aromatic heterocycles. The fraction of sp³-hybridized carbons (Fsp3) is 0.278. The van der Waals surface area contributed by atoms with Gasteiger partial charge in [-0.25, -0.2) is 14.6 Å². The van der Waals surface area contributed by atoms with Gasteiger partial charge >= 0.3 is 12.2 Å². The smallest absolute Gasteiger partial charge is 0.412 e. The molecule has 0 bridgehead atoms. The van der Waals surface area contributed by atoms with E-state index in [9.17, 15) is 9.59 Å². The molecule has 0 radical (unpaired) electrons. The van der Waals surface area contributed by atoms with E-state index in [2.05, 4.69) is 10.3 Å². The molecule has 8 nitrogen and oxygen atoms in total. The van der Waals surface area contributed by atoms with Crippen LogP contribution in [0.2, 0.25) is 0 Å². The van der Waals surface area contributed by atoms with Gasteiger partial charge in [-0.3, -0.25) is 5.32 Å². The summed E-state index contributed by atoms with van der Waals surface area (Å²) in [5, 5.41) is 11.8. The molecular formula is C18H20N4O4. The number of anilines is 2. The first-order valence-electron chi connectivity index (χ1n) is 8.29. The molecule has 3 rings (SSSR count). The topological polar surface area (TPSA) is 95.0 Å². The van der Waals surface area contributed by atoms with Crippen molar-refractivity contribution in [1.29, 1.82) is 0 Å². The normalized spacial score (nSPS) is 14.0. The number of ether oxygens (including phenoxy) is 1. The van der Waals surface area contributed by atoms with Crippen molar-refractivity contribution < 1.29 is 19.4 Å². The zero-order valence-electron chi connectivity index (χ0n) is 14.2. The third-order valence-corrected chi connectivity index (χ3v) is 4.09. The van der Waals surface area contributed by atoms with Gasteiger partial charge in [-0.2, -0.15) is 0 Å². The number of carbonyl (C=O) groups is 2. The van der Waals surface area contributed by atoms with Crippen molar-refractivity contribution in [1.82, 2.24) is 9.88 Å². The maximum absolute atomic E-state index is 12.1. The fourth-order valence-electron chi connectivity index (χ4n) is 2.73. The van der Waals surface area contributed by atoms with Crippen molar-refractivity contribution in [3.05, 3.63) is 54.2 Å². The summed E-state index contributed by atoms with van der Waals surface area (Å²) in [6.07, 6.45) is 0.153. The van der Waals surface area contributed by atoms with Crippen LogP contribution >= 0.6 is 0 Å². The van der Waals surface area contributed by atoms with E-state index in [0.29, 0.717) is 37.7 Å². The molecule has 0 saturated carbocycles. The second-order valence-corrected chi connectivity index (χ2v) is 5.82. The number of amides is 2. The average molecular weight is 356 g/mol. The number of rotatable bonds is 4. The number of carboxylic acid groups (broad SMARTS) is 1. The van der Waals surface area contributed by atoms with E-state index in [-0.39, 0.29) is 6.61 Å². The van der Waals surface area contributed by atoms with Crippen LogP contribution in [0, 0.1) is 0 Å². The van der Waals surface area contributed by atoms with Crippen molar-refractivity contribution in [3.8, 4) is 0 Å². The minimum atomic E-state index is -0.923. The molecule has 8 heteroatoms. The molecule has 136 valence electrons. The zero-order valence-corrected chi connectivity index (χ0v) is 14.2. The number of nitrogens with one attached hydrogen (secondary N) is 1. The molecule has 1 aliphatic rings. The third kappa shape index (κ3) is 4.41. The van der Waals surface area contributed by atoms with Gasteiger partial charge in [0.25, 0.3) is 0 Å². The summed E-state index contributed by atoms with van der Waals surface area (Å²) in [6, 6.07) is 12.9. The molecule has 0 spiro atoms. The number of hydrogen-bond donors (Lipinski definition) is 2. The summed E-state index contributed by atoms with van der Waals surface area (Å²) < 4.78 is 5.24. The minimum Gasteiger partial charge on any atom is -0.465 e. The maximum atomic E-state index is 12.1. The lowest BCUT2D eigenvalue weighted by molar-refractivity contribution is 0.142. The lowest BCUT2D eigenvalue weighted by atomic mass is 10.2. The molecule has 0 unspecified atom stereocenters. The Morgan fingerprint density at radius 2 is 1.81 bits per heavy atom. The minimum absolute atomic E-state index is 0.180. The van der Waals surface area contributed by atoms with Crippen molar-refractivity contribution in [3.63, 3.8) is 0 Å². The van der Waals surface area contributed by atoms with Gasteiger partial charge in [-0.05, 0) is 17.7 Å². The van der Waals surface area contributed by atoms with Crippen molar-refractivity contribution in [2.75, 3.05) is 36.4 Å². The van der Waals surface area contributed by atoms with Crippen molar-refractivity contribution in [2.45, 2.75) is 6.61 Å². The number of nitrogens with zero attached hydrogens (tertiary/aromatic N) is 3. The molecule has 2 amide bonds. The molecule has 0 aliphatic carbocycles. The summed E-state index contributed by atoms with van der Waals surface area (Å²) in [5.41, 5.74) is 1.44. The number of hydrogen-bond acceptors (Lipinski definition) is 5. The molecule has 1 aromatic carbocycles. The third-order valence-electron chi connectivity index (χ3n) is 4.09. The maximum Gasteiger partial charge on any atom is 0.412 e. The van der Waals surface area contributed by atoms with E-state index in [0.717, 1.165) is 5.56 Å². The molecule has 2 heterocycles. The molecule has 26 heavy (non-hydrogen) atoms. The summed E-state index contributed by atoms with van der Waals surface area (Å²) in [5.74, 6) is 0.606. The number of aromatic nitrogens is 1. The number of benzene rings is 1. The number of piperazine rings is 1. The quantitative estimate of drug-likeness (QED) is 0.874. The second kappa shape index (κ2) is 8.19. The predicted octanol–water partition coefficient (Wildman–Crippen LogP) is 2.63. The van der Waals surface area contributed by atoms with E-state index < -0.39 is 12.2 Å². The summed E-state index contributed by atoms with van der Waals surface area (Å²) >= 11 is 0. The van der Waals surface area contributed by atoms with E-state index in [1.807, 2.05) is 35.2 Å². The number of carbonyl (C=O) groups excluding carboxylic acids is 1. The Labute approximate surface area is 151 Å². The van der Waals surface area contributed by atoms with Gasteiger partial charge < -0.3 is 19.6 Å². The van der Waals surface area contributed by atoms with Gasteiger partial charge in [-0.15, -0.1) is 0 Å². The van der Waals surface area contributed by atoms with Gasteiger partial charge in [0.15, 0.2) is 5.82 Å². The molecule has 1 aliphatic heterocycles. The van der Waals surface area contributed by atoms with E-state index in [1.54, 1.807) is 18.3 Å². The van der Waals surface area contributed by atoms with Crippen molar-refractivity contribution in [2.24, 2.45) is 0 Å². The van der Waals surface area contributed by atoms with Crippen molar-refractivity contribution >= 4 is 23.7 Å². The molecule has 1 saturated heterocycles. The fourth-order valence-corrected chi connectivity index (χ4v) is 2.73. The summed E-state index contributed by atoms with van der Waals surface area (Å²) in [6.45, 7) is 1.99. The Balaban J connectivity index is 1.60. The second-order valence-electron chi connectivity index (χ2n) is 5.82. The standard InChI is InChI=1S/C18H20N4O4/c23-17(26-13-14-5-2-1-3-6-14)20-15-7-4-8-19-16(15)21-9-11-22(12-10-21)18(24)25/h1-8H,9-13H2,(H,20,23)(H,24,25). The number of pyridine rings is 1. The van der Waals surface area contributed by atoms with E-state index in [1.165, 1.54) is 4.90 Å². The van der Waals surface area contributed by atoms with Gasteiger partial charge in [0.1, 0.15) is 6.61 Å². The Morgan fingerprint density at radius 1 is 1.08 bits per heavy atom. The van der Waals surface area contributed by atoms with Crippen LogP contribution in [0.3, 0.4) is 0 Å². The van der Waals surface area contributed by atoms with Crippen LogP contribution in [-0.4, -0.2) is 53.4 Å². The van der Waals surface area contributed by atoms with E-state index >= 15 is 0 Å². The molecular weight excluding hydrogens is 336 g/mol. The molecule has 2 aromatic rings. The Morgan fingerprint density at radius 3 is 2.50 bits per heavy atom. The highest BCUT2D eigenvalue weighted by Crippen LogP contribution is 2.24. The Bertz CT molecular complexity index is 761. The highest BCUT2D eigenvalue weighted by molar-refractivity contribution is 5.88. The first kappa shape index (κ1) is 17.5. The molecule has 2 N–H and O–H groups in total. The highest BCUT2D eigenvalue weighted by atomic mass is 16.5. The first-order valence-corrected chi connectivity index (χ1v) is 8.29. The largest absolute Gasteiger partial charge is 0.465 e. The lowest BCUT2D eigenvalue weighted by Gasteiger charge is -2.34. The highest BCUT2D eigenvalue weighted by Gasteiger charge is 2.23. The summed E-state index contributed by atoms with van der Waals surface area (Å²) in [7, 11) is 0. The van der Waals surface area contributed by atoms with Crippen LogP contribution in [-0.2, 0) is 11.3 Å². The summed E-state index contributed by atoms with van der Waals surface area (Å²) in [4.78, 5) is 30.8. The van der Waals surface area contributed by atoms with Gasteiger partial charge in [0.05, 0.1) is 5.69 Å². The lowest BCUT2D eigenvalue weighted by Crippen LogP contribution is -2.48. The van der Waals surface area contributed by atoms with Crippen LogP contribution in [0.1, 0.15) is 5.56 Å².